The number of aromatic nitrogens is 1. The highest BCUT2D eigenvalue weighted by Crippen LogP contribution is 2.25. The normalized spacial score (nSPS) is 12.9. The van der Waals surface area contributed by atoms with Crippen LogP contribution in [0, 0.1) is 13.8 Å². The Kier molecular flexibility index (Phi) is 3.13. The van der Waals surface area contributed by atoms with Crippen molar-refractivity contribution in [1.29, 1.82) is 0 Å². The van der Waals surface area contributed by atoms with Gasteiger partial charge in [0.15, 0.2) is 0 Å². The second-order valence-corrected chi connectivity index (χ2v) is 5.28. The molecule has 2 rings (SSSR count). The molecule has 1 aromatic heterocycles. The van der Waals surface area contributed by atoms with E-state index < -0.39 is 12.0 Å². The van der Waals surface area contributed by atoms with Gasteiger partial charge in [0.2, 0.25) is 0 Å². The Labute approximate surface area is 103 Å². The number of rotatable bonds is 3. The topological polar surface area (TPSA) is 76.2 Å². The summed E-state index contributed by atoms with van der Waals surface area (Å²) in [4.78, 5) is 15.1. The molecule has 0 amide bonds. The molecular formula is C12H14N2O2S. The summed E-state index contributed by atoms with van der Waals surface area (Å²) in [6, 6.07) is 3.23. The lowest BCUT2D eigenvalue weighted by atomic mass is 10.1. The molecule has 1 heterocycles. The highest BCUT2D eigenvalue weighted by Gasteiger charge is 2.15. The van der Waals surface area contributed by atoms with Crippen LogP contribution in [0.1, 0.15) is 16.1 Å². The molecule has 0 saturated carbocycles. The maximum atomic E-state index is 10.7. The smallest absolute Gasteiger partial charge is 0.320 e. The number of carbonyl (C=O) groups is 1. The summed E-state index contributed by atoms with van der Waals surface area (Å²) in [5, 5.41) is 9.54. The minimum absolute atomic E-state index is 0.284. The third-order valence-electron chi connectivity index (χ3n) is 2.76. The molecule has 0 radical (unpaired) electrons. The predicted octanol–water partition coefficient (Wildman–Crippen LogP) is 1.87. The largest absolute Gasteiger partial charge is 0.480 e. The van der Waals surface area contributed by atoms with E-state index in [1.807, 2.05) is 13.0 Å². The van der Waals surface area contributed by atoms with Crippen molar-refractivity contribution < 1.29 is 9.90 Å². The first-order chi connectivity index (χ1) is 7.97. The Morgan fingerprint density at radius 1 is 1.47 bits per heavy atom. The number of hydrogen-bond donors (Lipinski definition) is 2. The van der Waals surface area contributed by atoms with Gasteiger partial charge in [-0.2, -0.15) is 0 Å². The van der Waals surface area contributed by atoms with Crippen LogP contribution in [0.4, 0.5) is 0 Å². The first kappa shape index (κ1) is 12.0. The van der Waals surface area contributed by atoms with E-state index in [2.05, 4.69) is 18.0 Å². The van der Waals surface area contributed by atoms with Gasteiger partial charge in [0.1, 0.15) is 6.04 Å². The number of fused-ring (bicyclic) bond motifs is 1. The number of aryl methyl sites for hydroxylation is 2. The average molecular weight is 250 g/mol. The lowest BCUT2D eigenvalue weighted by Gasteiger charge is -2.01. The van der Waals surface area contributed by atoms with Crippen LogP contribution in [0.2, 0.25) is 0 Å². The van der Waals surface area contributed by atoms with Gasteiger partial charge in [-0.05, 0) is 37.1 Å². The third-order valence-corrected chi connectivity index (χ3v) is 3.80. The van der Waals surface area contributed by atoms with Crippen molar-refractivity contribution in [2.45, 2.75) is 26.3 Å². The summed E-state index contributed by atoms with van der Waals surface area (Å²) >= 11 is 1.51. The van der Waals surface area contributed by atoms with Crippen LogP contribution < -0.4 is 5.73 Å². The van der Waals surface area contributed by atoms with Crippen LogP contribution in [0.5, 0.6) is 0 Å². The monoisotopic (exact) mass is 250 g/mol. The van der Waals surface area contributed by atoms with E-state index in [0.717, 1.165) is 15.2 Å². The van der Waals surface area contributed by atoms with Gasteiger partial charge in [-0.15, -0.1) is 11.3 Å². The second-order valence-electron chi connectivity index (χ2n) is 4.16. The molecule has 1 aromatic carbocycles. The Morgan fingerprint density at radius 2 is 2.12 bits per heavy atom. The van der Waals surface area contributed by atoms with Crippen molar-refractivity contribution in [1.82, 2.24) is 4.98 Å². The molecule has 0 fully saturated rings. The van der Waals surface area contributed by atoms with Crippen molar-refractivity contribution in [3.05, 3.63) is 28.3 Å². The summed E-state index contributed by atoms with van der Waals surface area (Å²) in [5.74, 6) is -0.989. The van der Waals surface area contributed by atoms with Gasteiger partial charge in [-0.25, -0.2) is 4.98 Å². The van der Waals surface area contributed by atoms with E-state index in [1.165, 1.54) is 22.5 Å². The van der Waals surface area contributed by atoms with E-state index >= 15 is 0 Å². The van der Waals surface area contributed by atoms with Crippen LogP contribution in [0.15, 0.2) is 12.1 Å². The maximum Gasteiger partial charge on any atom is 0.320 e. The van der Waals surface area contributed by atoms with Crippen LogP contribution in [-0.2, 0) is 11.2 Å². The summed E-state index contributed by atoms with van der Waals surface area (Å²) in [5.41, 5.74) is 8.83. The zero-order valence-corrected chi connectivity index (χ0v) is 10.5. The highest BCUT2D eigenvalue weighted by molar-refractivity contribution is 7.18. The fraction of sp³-hybridized carbons (Fsp3) is 0.333. The Bertz CT molecular complexity index is 538. The fourth-order valence-corrected chi connectivity index (χ4v) is 2.70. The number of carboxylic acid groups (broad SMARTS) is 1. The van der Waals surface area contributed by atoms with Crippen molar-refractivity contribution in [2.24, 2.45) is 5.73 Å². The number of thiazole rings is 1. The fourth-order valence-electron chi connectivity index (χ4n) is 1.59. The van der Waals surface area contributed by atoms with Crippen LogP contribution in [-0.4, -0.2) is 22.1 Å². The van der Waals surface area contributed by atoms with Crippen molar-refractivity contribution in [3.63, 3.8) is 0 Å². The van der Waals surface area contributed by atoms with E-state index in [9.17, 15) is 4.79 Å². The second kappa shape index (κ2) is 4.43. The molecule has 0 bridgehead atoms. The summed E-state index contributed by atoms with van der Waals surface area (Å²) in [7, 11) is 0. The van der Waals surface area contributed by atoms with Gasteiger partial charge in [0, 0.05) is 6.42 Å². The molecule has 0 saturated heterocycles. The number of hydrogen-bond acceptors (Lipinski definition) is 4. The summed E-state index contributed by atoms with van der Waals surface area (Å²) in [6.45, 7) is 4.09. The van der Waals surface area contributed by atoms with Crippen molar-refractivity contribution >= 4 is 27.5 Å². The zero-order valence-electron chi connectivity index (χ0n) is 9.73. The molecule has 1 atom stereocenters. The van der Waals surface area contributed by atoms with E-state index in [-0.39, 0.29) is 6.42 Å². The molecule has 3 N–H and O–H groups in total. The maximum absolute atomic E-state index is 10.7. The number of benzene rings is 1. The third kappa shape index (κ3) is 2.45. The molecular weight excluding hydrogens is 236 g/mol. The summed E-state index contributed by atoms with van der Waals surface area (Å²) < 4.78 is 1.08. The minimum Gasteiger partial charge on any atom is -0.480 e. The average Bonchev–Trinajstić information content (AvgIpc) is 2.60. The Balaban J connectivity index is 2.35. The zero-order chi connectivity index (χ0) is 12.6. The molecule has 0 unspecified atom stereocenters. The molecule has 0 aliphatic rings. The first-order valence-electron chi connectivity index (χ1n) is 5.32. The number of nitrogens with zero attached hydrogens (tertiary/aromatic N) is 1. The quantitative estimate of drug-likeness (QED) is 0.871. The van der Waals surface area contributed by atoms with Crippen molar-refractivity contribution in [3.8, 4) is 0 Å². The first-order valence-corrected chi connectivity index (χ1v) is 6.14. The predicted molar refractivity (Wildman–Crippen MR) is 68.4 cm³/mol. The van der Waals surface area contributed by atoms with Crippen molar-refractivity contribution in [2.75, 3.05) is 0 Å². The van der Waals surface area contributed by atoms with Gasteiger partial charge in [0.05, 0.1) is 15.2 Å². The van der Waals surface area contributed by atoms with E-state index in [0.29, 0.717) is 0 Å². The molecule has 5 heteroatoms. The van der Waals surface area contributed by atoms with Crippen LogP contribution in [0.3, 0.4) is 0 Å². The van der Waals surface area contributed by atoms with Gasteiger partial charge < -0.3 is 10.8 Å². The molecule has 17 heavy (non-hydrogen) atoms. The minimum atomic E-state index is -0.989. The lowest BCUT2D eigenvalue weighted by molar-refractivity contribution is -0.138. The molecule has 0 aliphatic carbocycles. The Morgan fingerprint density at radius 3 is 2.76 bits per heavy atom. The number of carboxylic acids is 1. The molecule has 0 aliphatic heterocycles. The lowest BCUT2D eigenvalue weighted by Crippen LogP contribution is -2.32. The standard InChI is InChI=1S/C12H14N2O2S/c1-6-3-9-10(4-7(6)2)17-11(14-9)5-8(13)12(15)16/h3-4,8H,5,13H2,1-2H3,(H,15,16)/t8-/m1/s1. The molecule has 2 aromatic rings. The van der Waals surface area contributed by atoms with Gasteiger partial charge in [-0.3, -0.25) is 4.79 Å². The highest BCUT2D eigenvalue weighted by atomic mass is 32.1. The molecule has 90 valence electrons. The van der Waals surface area contributed by atoms with Gasteiger partial charge in [0.25, 0.3) is 0 Å². The molecule has 0 spiro atoms. The Hall–Kier alpha value is -1.46. The molecule has 4 nitrogen and oxygen atoms in total. The van der Waals surface area contributed by atoms with Gasteiger partial charge in [-0.1, -0.05) is 0 Å². The summed E-state index contributed by atoms with van der Waals surface area (Å²) in [6.07, 6.45) is 0.284. The van der Waals surface area contributed by atoms with Gasteiger partial charge >= 0.3 is 5.97 Å². The number of nitrogens with two attached hydrogens (primary N) is 1. The number of aliphatic carboxylic acids is 1. The van der Waals surface area contributed by atoms with Crippen LogP contribution >= 0.6 is 11.3 Å². The van der Waals surface area contributed by atoms with Crippen LogP contribution in [0.25, 0.3) is 10.2 Å². The van der Waals surface area contributed by atoms with E-state index in [1.54, 1.807) is 0 Å². The SMILES string of the molecule is Cc1cc2nc(C[C@@H](N)C(=O)O)sc2cc1C. The van der Waals surface area contributed by atoms with E-state index in [4.69, 9.17) is 10.8 Å².